The summed E-state index contributed by atoms with van der Waals surface area (Å²) in [5.41, 5.74) is 6.81. The Morgan fingerprint density at radius 1 is 1.08 bits per heavy atom. The number of fused-ring (bicyclic) bond motifs is 4. The van der Waals surface area contributed by atoms with Crippen LogP contribution in [0.1, 0.15) is 119 Å². The Kier molecular flexibility index (Phi) is 7.90. The molecule has 6 atom stereocenters. The van der Waals surface area contributed by atoms with Crippen molar-refractivity contribution in [1.82, 2.24) is 0 Å². The number of carbonyl (C=O) groups excluding carboxylic acids is 1. The van der Waals surface area contributed by atoms with Gasteiger partial charge in [0.2, 0.25) is 0 Å². The molecule has 0 amide bonds. The molecule has 4 heteroatoms. The zero-order valence-electron chi connectivity index (χ0n) is 24.4. The average Bonchev–Trinajstić information content (AvgIpc) is 3.16. The van der Waals surface area contributed by atoms with E-state index in [1.54, 1.807) is 16.7 Å². The van der Waals surface area contributed by atoms with Gasteiger partial charge in [0.25, 0.3) is 0 Å². The Morgan fingerprint density at radius 2 is 1.81 bits per heavy atom. The van der Waals surface area contributed by atoms with Crippen molar-refractivity contribution in [2.45, 2.75) is 125 Å². The topological polar surface area (TPSA) is 63.6 Å². The summed E-state index contributed by atoms with van der Waals surface area (Å²) in [6, 6.07) is 0. The summed E-state index contributed by atoms with van der Waals surface area (Å²) < 4.78 is 5.93. The average molecular weight is 511 g/mol. The molecule has 0 heterocycles. The number of esters is 1. The highest BCUT2D eigenvalue weighted by atomic mass is 16.5. The number of hydrogen-bond acceptors (Lipinski definition) is 3. The van der Waals surface area contributed by atoms with Crippen molar-refractivity contribution in [2.75, 3.05) is 0 Å². The van der Waals surface area contributed by atoms with Crippen molar-refractivity contribution in [1.29, 1.82) is 0 Å². The third-order valence-electron chi connectivity index (χ3n) is 11.1. The first-order valence-corrected chi connectivity index (χ1v) is 14.8. The zero-order chi connectivity index (χ0) is 27.2. The highest BCUT2D eigenvalue weighted by Crippen LogP contribution is 2.67. The lowest BCUT2D eigenvalue weighted by Crippen LogP contribution is -2.54. The zero-order valence-corrected chi connectivity index (χ0v) is 24.4. The normalized spacial score (nSPS) is 35.0. The molecule has 0 bridgehead atoms. The SMILES string of the molecule is CC(C)=CCCC(C)[C@H]1CC=C2C3=C(CC[C@@]21C)[C@@]1(C)CC[C@H](OC(=O)CCC(=O)O)C(C)(C)C1CC3. The van der Waals surface area contributed by atoms with Crippen LogP contribution in [-0.4, -0.2) is 23.1 Å². The van der Waals surface area contributed by atoms with Gasteiger partial charge in [-0.3, -0.25) is 9.59 Å². The van der Waals surface area contributed by atoms with E-state index >= 15 is 0 Å². The Hall–Kier alpha value is -1.84. The summed E-state index contributed by atoms with van der Waals surface area (Å²) in [5, 5.41) is 8.94. The van der Waals surface area contributed by atoms with Crippen molar-refractivity contribution in [3.05, 3.63) is 34.4 Å². The van der Waals surface area contributed by atoms with Gasteiger partial charge in [0, 0.05) is 5.41 Å². The van der Waals surface area contributed by atoms with Crippen LogP contribution in [0.3, 0.4) is 0 Å². The van der Waals surface area contributed by atoms with Crippen LogP contribution in [0.5, 0.6) is 0 Å². The summed E-state index contributed by atoms with van der Waals surface area (Å²) in [6.45, 7) is 16.5. The fraction of sp³-hybridized carbons (Fsp3) is 0.758. The second-order valence-corrected chi connectivity index (χ2v) is 13.9. The molecule has 0 saturated heterocycles. The Labute approximate surface area is 225 Å². The number of allylic oxidation sites excluding steroid dienone is 6. The minimum Gasteiger partial charge on any atom is -0.481 e. The molecule has 4 rings (SSSR count). The summed E-state index contributed by atoms with van der Waals surface area (Å²) in [5.74, 6) is 0.622. The maximum atomic E-state index is 12.4. The quantitative estimate of drug-likeness (QED) is 0.263. The maximum absolute atomic E-state index is 12.4. The van der Waals surface area contributed by atoms with Crippen LogP contribution in [0, 0.1) is 34.0 Å². The predicted octanol–water partition coefficient (Wildman–Crippen LogP) is 8.42. The number of aliphatic carboxylic acids is 1. The number of hydrogen-bond donors (Lipinski definition) is 1. The van der Waals surface area contributed by atoms with E-state index in [-0.39, 0.29) is 35.7 Å². The summed E-state index contributed by atoms with van der Waals surface area (Å²) in [4.78, 5) is 23.3. The summed E-state index contributed by atoms with van der Waals surface area (Å²) in [6.07, 6.45) is 15.0. The monoisotopic (exact) mass is 510 g/mol. The van der Waals surface area contributed by atoms with E-state index in [1.165, 1.54) is 37.7 Å². The number of carboxylic acid groups (broad SMARTS) is 1. The smallest absolute Gasteiger partial charge is 0.306 e. The van der Waals surface area contributed by atoms with E-state index < -0.39 is 5.97 Å². The third kappa shape index (κ3) is 5.11. The van der Waals surface area contributed by atoms with Crippen LogP contribution in [0.15, 0.2) is 34.4 Å². The van der Waals surface area contributed by atoms with Gasteiger partial charge in [-0.15, -0.1) is 0 Å². The second kappa shape index (κ2) is 10.4. The van der Waals surface area contributed by atoms with Gasteiger partial charge in [0.15, 0.2) is 0 Å². The number of carboxylic acids is 1. The fourth-order valence-corrected chi connectivity index (χ4v) is 9.04. The molecule has 0 aromatic heterocycles. The standard InChI is InChI=1S/C33H50O4/c1-21(2)9-8-10-22(3)24-12-13-25-23-11-14-27-31(4,5)28(37-30(36)16-15-29(34)35)18-20-33(27,7)26(23)17-19-32(24,25)6/h9,13,22,24,27-28H,8,10-12,14-20H2,1-7H3,(H,34,35)/t22?,24-,27?,28+,32-,33-/m1/s1. The van der Waals surface area contributed by atoms with Crippen molar-refractivity contribution in [2.24, 2.45) is 34.0 Å². The van der Waals surface area contributed by atoms with E-state index in [9.17, 15) is 9.59 Å². The molecule has 4 aliphatic rings. The molecule has 0 aromatic carbocycles. The minimum absolute atomic E-state index is 0.0419. The Morgan fingerprint density at radius 3 is 2.49 bits per heavy atom. The van der Waals surface area contributed by atoms with Crippen LogP contribution >= 0.6 is 0 Å². The molecular formula is C33H50O4. The van der Waals surface area contributed by atoms with Crippen molar-refractivity contribution >= 4 is 11.9 Å². The molecule has 1 N–H and O–H groups in total. The van der Waals surface area contributed by atoms with Crippen molar-refractivity contribution < 1.29 is 19.4 Å². The number of carbonyl (C=O) groups is 2. The molecule has 206 valence electrons. The molecule has 0 radical (unpaired) electrons. The molecule has 37 heavy (non-hydrogen) atoms. The van der Waals surface area contributed by atoms with Gasteiger partial charge in [0.05, 0.1) is 12.8 Å². The molecule has 2 unspecified atom stereocenters. The van der Waals surface area contributed by atoms with Gasteiger partial charge in [-0.25, -0.2) is 0 Å². The highest BCUT2D eigenvalue weighted by molar-refractivity contribution is 5.76. The fourth-order valence-electron chi connectivity index (χ4n) is 9.04. The van der Waals surface area contributed by atoms with Crippen molar-refractivity contribution in [3.8, 4) is 0 Å². The van der Waals surface area contributed by atoms with Gasteiger partial charge in [-0.05, 0) is 111 Å². The van der Waals surface area contributed by atoms with Crippen LogP contribution < -0.4 is 0 Å². The van der Waals surface area contributed by atoms with Crippen LogP contribution in [0.25, 0.3) is 0 Å². The molecule has 1 fully saturated rings. The first-order chi connectivity index (χ1) is 17.3. The Balaban J connectivity index is 1.52. The van der Waals surface area contributed by atoms with Gasteiger partial charge in [-0.2, -0.15) is 0 Å². The molecule has 4 nitrogen and oxygen atoms in total. The summed E-state index contributed by atoms with van der Waals surface area (Å²) in [7, 11) is 0. The van der Waals surface area contributed by atoms with Crippen molar-refractivity contribution in [3.63, 3.8) is 0 Å². The maximum Gasteiger partial charge on any atom is 0.306 e. The largest absolute Gasteiger partial charge is 0.481 e. The van der Waals surface area contributed by atoms with E-state index in [0.29, 0.717) is 11.3 Å². The highest BCUT2D eigenvalue weighted by Gasteiger charge is 2.58. The van der Waals surface area contributed by atoms with E-state index in [0.717, 1.165) is 37.5 Å². The first-order valence-electron chi connectivity index (χ1n) is 14.8. The third-order valence-corrected chi connectivity index (χ3v) is 11.1. The van der Waals surface area contributed by atoms with Crippen LogP contribution in [-0.2, 0) is 14.3 Å². The van der Waals surface area contributed by atoms with E-state index in [4.69, 9.17) is 9.84 Å². The molecule has 0 aromatic rings. The lowest BCUT2D eigenvalue weighted by Gasteiger charge is -2.59. The number of rotatable bonds is 8. The lowest BCUT2D eigenvalue weighted by atomic mass is 9.46. The van der Waals surface area contributed by atoms with E-state index in [2.05, 4.69) is 60.6 Å². The van der Waals surface area contributed by atoms with Crippen LogP contribution in [0.2, 0.25) is 0 Å². The van der Waals surface area contributed by atoms with Crippen LogP contribution in [0.4, 0.5) is 0 Å². The van der Waals surface area contributed by atoms with Gasteiger partial charge >= 0.3 is 11.9 Å². The molecule has 1 saturated carbocycles. The second-order valence-electron chi connectivity index (χ2n) is 13.9. The summed E-state index contributed by atoms with van der Waals surface area (Å²) >= 11 is 0. The molecule has 4 aliphatic carbocycles. The Bertz CT molecular complexity index is 1010. The minimum atomic E-state index is -0.950. The lowest BCUT2D eigenvalue weighted by molar-refractivity contribution is -0.170. The van der Waals surface area contributed by atoms with Gasteiger partial charge in [0.1, 0.15) is 6.10 Å². The molecule has 0 aliphatic heterocycles. The van der Waals surface area contributed by atoms with E-state index in [1.807, 2.05) is 0 Å². The molecular weight excluding hydrogens is 460 g/mol. The van der Waals surface area contributed by atoms with Gasteiger partial charge in [-0.1, -0.05) is 57.9 Å². The number of ether oxygens (including phenoxy) is 1. The molecule has 0 spiro atoms. The first kappa shape index (κ1) is 28.2. The van der Waals surface area contributed by atoms with Gasteiger partial charge < -0.3 is 9.84 Å². The predicted molar refractivity (Wildman–Crippen MR) is 149 cm³/mol.